The molecule has 0 aromatic rings. The second-order valence-electron chi connectivity index (χ2n) is 7.47. The molecule has 4 nitrogen and oxygen atoms in total. The summed E-state index contributed by atoms with van der Waals surface area (Å²) in [6.45, 7) is 13.8. The van der Waals surface area contributed by atoms with Crippen LogP contribution in [0.15, 0.2) is 0 Å². The average molecular weight is 284 g/mol. The normalized spacial score (nSPS) is 32.1. The molecule has 0 aromatic heterocycles. The highest BCUT2D eigenvalue weighted by Gasteiger charge is 2.47. The zero-order chi connectivity index (χ0) is 14.8. The number of morpholine rings is 1. The monoisotopic (exact) mass is 284 g/mol. The second kappa shape index (κ2) is 6.73. The first-order chi connectivity index (χ1) is 9.41. The molecule has 1 aliphatic heterocycles. The minimum absolute atomic E-state index is 0.0212. The first-order valence-corrected chi connectivity index (χ1v) is 8.14. The maximum absolute atomic E-state index is 9.84. The Balaban J connectivity index is 1.84. The lowest BCUT2D eigenvalue weighted by Gasteiger charge is -2.50. The summed E-state index contributed by atoms with van der Waals surface area (Å²) >= 11 is 0. The molecule has 1 saturated carbocycles. The molecule has 0 aromatic carbocycles. The summed E-state index contributed by atoms with van der Waals surface area (Å²) in [6, 6.07) is 1.04. The van der Waals surface area contributed by atoms with Gasteiger partial charge in [0.2, 0.25) is 0 Å². The van der Waals surface area contributed by atoms with Crippen molar-refractivity contribution in [1.29, 1.82) is 0 Å². The molecule has 1 aliphatic carbocycles. The van der Waals surface area contributed by atoms with Crippen LogP contribution in [0, 0.1) is 11.3 Å². The van der Waals surface area contributed by atoms with E-state index >= 15 is 0 Å². The molecule has 118 valence electrons. The van der Waals surface area contributed by atoms with Gasteiger partial charge in [-0.05, 0) is 18.8 Å². The smallest absolute Gasteiger partial charge is 0.0621 e. The van der Waals surface area contributed by atoms with E-state index in [1.807, 2.05) is 0 Å². The topological polar surface area (TPSA) is 44.7 Å². The van der Waals surface area contributed by atoms with Crippen LogP contribution in [0.25, 0.3) is 0 Å². The molecule has 0 spiro atoms. The zero-order valence-corrected chi connectivity index (χ0v) is 13.6. The van der Waals surface area contributed by atoms with Crippen molar-refractivity contribution in [3.63, 3.8) is 0 Å². The molecule has 20 heavy (non-hydrogen) atoms. The number of nitrogens with one attached hydrogen (secondary N) is 1. The van der Waals surface area contributed by atoms with Gasteiger partial charge in [-0.25, -0.2) is 0 Å². The highest BCUT2D eigenvalue weighted by Crippen LogP contribution is 2.40. The van der Waals surface area contributed by atoms with E-state index in [1.54, 1.807) is 0 Å². The molecule has 1 heterocycles. The Morgan fingerprint density at radius 2 is 1.95 bits per heavy atom. The summed E-state index contributed by atoms with van der Waals surface area (Å²) < 4.78 is 5.46. The third kappa shape index (κ3) is 3.73. The highest BCUT2D eigenvalue weighted by molar-refractivity contribution is 5.02. The summed E-state index contributed by atoms with van der Waals surface area (Å²) in [7, 11) is 0. The van der Waals surface area contributed by atoms with E-state index in [0.717, 1.165) is 39.3 Å². The Bertz CT molecular complexity index is 301. The van der Waals surface area contributed by atoms with Gasteiger partial charge in [-0.2, -0.15) is 0 Å². The molecule has 2 rings (SSSR count). The number of hydrogen-bond donors (Lipinski definition) is 2. The van der Waals surface area contributed by atoms with Crippen LogP contribution in [-0.4, -0.2) is 61.0 Å². The van der Waals surface area contributed by atoms with Crippen molar-refractivity contribution in [3.05, 3.63) is 0 Å². The van der Waals surface area contributed by atoms with Crippen LogP contribution >= 0.6 is 0 Å². The maximum Gasteiger partial charge on any atom is 0.0621 e. The van der Waals surface area contributed by atoms with Crippen LogP contribution in [0.1, 0.15) is 40.5 Å². The molecule has 2 aliphatic rings. The standard InChI is InChI=1S/C16H32N2O2/c1-12(2)9-13(18-5-7-20-8-6-18)11-17-14-10-15(19)16(14,3)4/h12-15,17,19H,5-11H2,1-4H3. The van der Waals surface area contributed by atoms with Gasteiger partial charge in [0, 0.05) is 37.1 Å². The van der Waals surface area contributed by atoms with Crippen molar-refractivity contribution in [2.24, 2.45) is 11.3 Å². The quantitative estimate of drug-likeness (QED) is 0.775. The van der Waals surface area contributed by atoms with Gasteiger partial charge >= 0.3 is 0 Å². The van der Waals surface area contributed by atoms with Gasteiger partial charge in [0.1, 0.15) is 0 Å². The van der Waals surface area contributed by atoms with Crippen LogP contribution in [0.2, 0.25) is 0 Å². The lowest BCUT2D eigenvalue weighted by Crippen LogP contribution is -2.62. The summed E-state index contributed by atoms with van der Waals surface area (Å²) in [5.41, 5.74) is 0.0212. The third-order valence-corrected chi connectivity index (χ3v) is 5.12. The number of aliphatic hydroxyl groups is 1. The molecule has 3 atom stereocenters. The third-order valence-electron chi connectivity index (χ3n) is 5.12. The number of aliphatic hydroxyl groups excluding tert-OH is 1. The van der Waals surface area contributed by atoms with Gasteiger partial charge in [0.15, 0.2) is 0 Å². The highest BCUT2D eigenvalue weighted by atomic mass is 16.5. The first-order valence-electron chi connectivity index (χ1n) is 8.14. The van der Waals surface area contributed by atoms with Crippen LogP contribution in [0.3, 0.4) is 0 Å². The van der Waals surface area contributed by atoms with Crippen molar-refractivity contribution in [3.8, 4) is 0 Å². The van der Waals surface area contributed by atoms with E-state index < -0.39 is 0 Å². The van der Waals surface area contributed by atoms with E-state index in [-0.39, 0.29) is 11.5 Å². The summed E-state index contributed by atoms with van der Waals surface area (Å²) in [5.74, 6) is 0.713. The van der Waals surface area contributed by atoms with E-state index in [1.165, 1.54) is 6.42 Å². The van der Waals surface area contributed by atoms with Crippen LogP contribution < -0.4 is 5.32 Å². The summed E-state index contributed by atoms with van der Waals surface area (Å²) in [6.07, 6.45) is 1.97. The van der Waals surface area contributed by atoms with Crippen LogP contribution in [0.5, 0.6) is 0 Å². The molecule has 1 saturated heterocycles. The predicted molar refractivity (Wildman–Crippen MR) is 81.8 cm³/mol. The van der Waals surface area contributed by atoms with Crippen LogP contribution in [0.4, 0.5) is 0 Å². The molecule has 2 N–H and O–H groups in total. The number of ether oxygens (including phenoxy) is 1. The van der Waals surface area contributed by atoms with Gasteiger partial charge in [0.25, 0.3) is 0 Å². The molecular weight excluding hydrogens is 252 g/mol. The van der Waals surface area contributed by atoms with Crippen molar-refractivity contribution in [2.75, 3.05) is 32.8 Å². The van der Waals surface area contributed by atoms with E-state index in [0.29, 0.717) is 18.0 Å². The number of hydrogen-bond acceptors (Lipinski definition) is 4. The second-order valence-corrected chi connectivity index (χ2v) is 7.47. The van der Waals surface area contributed by atoms with Crippen LogP contribution in [-0.2, 0) is 4.74 Å². The van der Waals surface area contributed by atoms with E-state index in [4.69, 9.17) is 4.74 Å². The Labute approximate surface area is 123 Å². The Kier molecular flexibility index (Phi) is 5.46. The fourth-order valence-corrected chi connectivity index (χ4v) is 3.38. The lowest BCUT2D eigenvalue weighted by molar-refractivity contribution is -0.0753. The Morgan fingerprint density at radius 3 is 2.45 bits per heavy atom. The Morgan fingerprint density at radius 1 is 1.30 bits per heavy atom. The van der Waals surface area contributed by atoms with E-state index in [2.05, 4.69) is 37.9 Å². The van der Waals surface area contributed by atoms with Crippen molar-refractivity contribution >= 4 is 0 Å². The van der Waals surface area contributed by atoms with Crippen molar-refractivity contribution in [2.45, 2.75) is 58.7 Å². The van der Waals surface area contributed by atoms with E-state index in [9.17, 15) is 5.11 Å². The van der Waals surface area contributed by atoms with Gasteiger partial charge in [-0.1, -0.05) is 27.7 Å². The molecule has 3 unspecified atom stereocenters. The average Bonchev–Trinajstić information content (AvgIpc) is 2.42. The van der Waals surface area contributed by atoms with Gasteiger partial charge < -0.3 is 15.2 Å². The largest absolute Gasteiger partial charge is 0.392 e. The minimum atomic E-state index is -0.146. The number of nitrogens with zero attached hydrogens (tertiary/aromatic N) is 1. The number of rotatable bonds is 6. The minimum Gasteiger partial charge on any atom is -0.392 e. The van der Waals surface area contributed by atoms with Gasteiger partial charge in [-0.15, -0.1) is 0 Å². The molecule has 0 bridgehead atoms. The predicted octanol–water partition coefficient (Wildman–Crippen LogP) is 1.48. The molecule has 0 radical (unpaired) electrons. The molecule has 4 heteroatoms. The van der Waals surface area contributed by atoms with Crippen molar-refractivity contribution < 1.29 is 9.84 Å². The first kappa shape index (κ1) is 16.2. The maximum atomic E-state index is 9.84. The summed E-state index contributed by atoms with van der Waals surface area (Å²) in [5, 5.41) is 13.5. The molecular formula is C16H32N2O2. The van der Waals surface area contributed by atoms with Crippen molar-refractivity contribution in [1.82, 2.24) is 10.2 Å². The van der Waals surface area contributed by atoms with Gasteiger partial charge in [-0.3, -0.25) is 4.90 Å². The molecule has 0 amide bonds. The summed E-state index contributed by atoms with van der Waals surface area (Å²) in [4.78, 5) is 2.57. The zero-order valence-electron chi connectivity index (χ0n) is 13.6. The SMILES string of the molecule is CC(C)CC(CNC1CC(O)C1(C)C)N1CCOCC1. The fraction of sp³-hybridized carbons (Fsp3) is 1.00. The molecule has 2 fully saturated rings. The van der Waals surface area contributed by atoms with Gasteiger partial charge in [0.05, 0.1) is 19.3 Å². The Hall–Kier alpha value is -0.160. The fourth-order valence-electron chi connectivity index (χ4n) is 3.38. The lowest BCUT2D eigenvalue weighted by atomic mass is 9.64.